The standard InChI is InChI=1S/C16H32N4/c1-5-20-12-8-15(9-13-20)19(4)11-7-6-10-16(2,14-17)18-3/h15,18H,5-13H2,1-4H3. The van der Waals surface area contributed by atoms with Crippen molar-refractivity contribution in [3.05, 3.63) is 0 Å². The van der Waals surface area contributed by atoms with Crippen LogP contribution in [0.4, 0.5) is 0 Å². The Balaban J connectivity index is 2.18. The summed E-state index contributed by atoms with van der Waals surface area (Å²) in [7, 11) is 4.13. The van der Waals surface area contributed by atoms with E-state index in [4.69, 9.17) is 5.26 Å². The Morgan fingerprint density at radius 2 is 2.00 bits per heavy atom. The fourth-order valence-electron chi connectivity index (χ4n) is 2.94. The first-order valence-corrected chi connectivity index (χ1v) is 8.07. The van der Waals surface area contributed by atoms with Crippen LogP contribution in [0.15, 0.2) is 0 Å². The Labute approximate surface area is 125 Å². The summed E-state index contributed by atoms with van der Waals surface area (Å²) in [6.45, 7) is 9.07. The molecule has 1 heterocycles. The molecule has 1 aliphatic heterocycles. The van der Waals surface area contributed by atoms with Crippen LogP contribution in [0.3, 0.4) is 0 Å². The summed E-state index contributed by atoms with van der Waals surface area (Å²) in [5.74, 6) is 0. The molecule has 0 amide bonds. The fourth-order valence-corrected chi connectivity index (χ4v) is 2.94. The predicted molar refractivity (Wildman–Crippen MR) is 84.7 cm³/mol. The number of nitrogens with one attached hydrogen (secondary N) is 1. The normalized spacial score (nSPS) is 20.8. The van der Waals surface area contributed by atoms with Gasteiger partial charge in [0.25, 0.3) is 0 Å². The number of piperidine rings is 1. The number of hydrogen-bond acceptors (Lipinski definition) is 4. The van der Waals surface area contributed by atoms with E-state index in [-0.39, 0.29) is 5.54 Å². The molecule has 1 aliphatic rings. The van der Waals surface area contributed by atoms with Crippen molar-refractivity contribution in [1.29, 1.82) is 5.26 Å². The molecule has 0 saturated carbocycles. The number of nitriles is 1. The van der Waals surface area contributed by atoms with Gasteiger partial charge in [0.05, 0.1) is 6.07 Å². The van der Waals surface area contributed by atoms with Gasteiger partial charge in [0.15, 0.2) is 0 Å². The van der Waals surface area contributed by atoms with E-state index < -0.39 is 0 Å². The first kappa shape index (κ1) is 17.4. The lowest BCUT2D eigenvalue weighted by atomic mass is 9.96. The molecule has 1 atom stereocenters. The van der Waals surface area contributed by atoms with E-state index in [1.807, 2.05) is 14.0 Å². The summed E-state index contributed by atoms with van der Waals surface area (Å²) in [5, 5.41) is 12.2. The maximum absolute atomic E-state index is 9.12. The Morgan fingerprint density at radius 1 is 1.35 bits per heavy atom. The lowest BCUT2D eigenvalue weighted by molar-refractivity contribution is 0.130. The van der Waals surface area contributed by atoms with Crippen LogP contribution in [0.25, 0.3) is 0 Å². The predicted octanol–water partition coefficient (Wildman–Crippen LogP) is 2.07. The van der Waals surface area contributed by atoms with Crippen molar-refractivity contribution in [2.45, 2.75) is 57.5 Å². The molecule has 4 nitrogen and oxygen atoms in total. The van der Waals surface area contributed by atoms with Gasteiger partial charge in [0.1, 0.15) is 5.54 Å². The summed E-state index contributed by atoms with van der Waals surface area (Å²) in [4.78, 5) is 5.06. The van der Waals surface area contributed by atoms with E-state index in [2.05, 4.69) is 35.2 Å². The second kappa shape index (κ2) is 8.61. The van der Waals surface area contributed by atoms with E-state index >= 15 is 0 Å². The number of nitrogens with zero attached hydrogens (tertiary/aromatic N) is 3. The quantitative estimate of drug-likeness (QED) is 0.691. The molecular weight excluding hydrogens is 248 g/mol. The van der Waals surface area contributed by atoms with E-state index in [1.165, 1.54) is 38.9 Å². The maximum Gasteiger partial charge on any atom is 0.103 e. The Hall–Kier alpha value is -0.630. The molecule has 116 valence electrons. The Morgan fingerprint density at radius 3 is 2.50 bits per heavy atom. The van der Waals surface area contributed by atoms with Crippen molar-refractivity contribution < 1.29 is 0 Å². The van der Waals surface area contributed by atoms with Gasteiger partial charge in [-0.05, 0) is 79.3 Å². The molecule has 4 heteroatoms. The average Bonchev–Trinajstić information content (AvgIpc) is 2.51. The lowest BCUT2D eigenvalue weighted by Crippen LogP contribution is -2.43. The van der Waals surface area contributed by atoms with Crippen molar-refractivity contribution in [2.24, 2.45) is 0 Å². The highest BCUT2D eigenvalue weighted by Crippen LogP contribution is 2.17. The molecule has 0 bridgehead atoms. The summed E-state index contributed by atoms with van der Waals surface area (Å²) < 4.78 is 0. The summed E-state index contributed by atoms with van der Waals surface area (Å²) in [6.07, 6.45) is 5.84. The maximum atomic E-state index is 9.12. The number of unbranched alkanes of at least 4 members (excludes halogenated alkanes) is 1. The molecule has 0 aliphatic carbocycles. The van der Waals surface area contributed by atoms with Crippen LogP contribution in [-0.4, -0.2) is 61.7 Å². The molecule has 1 unspecified atom stereocenters. The zero-order valence-corrected chi connectivity index (χ0v) is 13.8. The van der Waals surface area contributed by atoms with E-state index in [0.29, 0.717) is 0 Å². The van der Waals surface area contributed by atoms with Crippen LogP contribution in [0, 0.1) is 11.3 Å². The highest BCUT2D eigenvalue weighted by molar-refractivity contribution is 5.02. The minimum Gasteiger partial charge on any atom is -0.303 e. The fraction of sp³-hybridized carbons (Fsp3) is 0.938. The van der Waals surface area contributed by atoms with E-state index in [1.54, 1.807) is 0 Å². The molecule has 0 spiro atoms. The van der Waals surface area contributed by atoms with Gasteiger partial charge >= 0.3 is 0 Å². The van der Waals surface area contributed by atoms with Gasteiger partial charge in [-0.25, -0.2) is 0 Å². The Kier molecular flexibility index (Phi) is 7.50. The van der Waals surface area contributed by atoms with Gasteiger partial charge < -0.3 is 15.1 Å². The SMILES string of the molecule is CCN1CCC(N(C)CCCCC(C)(C#N)NC)CC1. The second-order valence-electron chi connectivity index (χ2n) is 6.30. The van der Waals surface area contributed by atoms with Crippen molar-refractivity contribution in [3.8, 4) is 6.07 Å². The molecule has 1 rings (SSSR count). The van der Waals surface area contributed by atoms with Crippen LogP contribution in [0.2, 0.25) is 0 Å². The van der Waals surface area contributed by atoms with Crippen molar-refractivity contribution in [3.63, 3.8) is 0 Å². The summed E-state index contributed by atoms with van der Waals surface area (Å²) in [6, 6.07) is 3.11. The molecule has 0 radical (unpaired) electrons. The molecule has 1 saturated heterocycles. The van der Waals surface area contributed by atoms with Crippen molar-refractivity contribution in [1.82, 2.24) is 15.1 Å². The monoisotopic (exact) mass is 280 g/mol. The largest absolute Gasteiger partial charge is 0.303 e. The minimum absolute atomic E-state index is 0.356. The second-order valence-corrected chi connectivity index (χ2v) is 6.30. The van der Waals surface area contributed by atoms with Gasteiger partial charge in [0, 0.05) is 6.04 Å². The van der Waals surface area contributed by atoms with Crippen LogP contribution < -0.4 is 5.32 Å². The van der Waals surface area contributed by atoms with E-state index in [0.717, 1.165) is 25.4 Å². The smallest absolute Gasteiger partial charge is 0.103 e. The zero-order valence-electron chi connectivity index (χ0n) is 13.8. The topological polar surface area (TPSA) is 42.3 Å². The van der Waals surface area contributed by atoms with Gasteiger partial charge in [-0.3, -0.25) is 0 Å². The van der Waals surface area contributed by atoms with Gasteiger partial charge in [-0.2, -0.15) is 5.26 Å². The van der Waals surface area contributed by atoms with Gasteiger partial charge in [-0.15, -0.1) is 0 Å². The molecule has 20 heavy (non-hydrogen) atoms. The third kappa shape index (κ3) is 5.40. The summed E-state index contributed by atoms with van der Waals surface area (Å²) in [5.41, 5.74) is -0.356. The molecular formula is C16H32N4. The minimum atomic E-state index is -0.356. The van der Waals surface area contributed by atoms with Crippen molar-refractivity contribution >= 4 is 0 Å². The first-order valence-electron chi connectivity index (χ1n) is 8.07. The van der Waals surface area contributed by atoms with Gasteiger partial charge in [0.2, 0.25) is 0 Å². The molecule has 0 aromatic rings. The van der Waals surface area contributed by atoms with Gasteiger partial charge in [-0.1, -0.05) is 6.92 Å². The highest BCUT2D eigenvalue weighted by atomic mass is 15.2. The summed E-state index contributed by atoms with van der Waals surface area (Å²) >= 11 is 0. The average molecular weight is 280 g/mol. The van der Waals surface area contributed by atoms with Crippen LogP contribution >= 0.6 is 0 Å². The van der Waals surface area contributed by atoms with Crippen LogP contribution in [0.5, 0.6) is 0 Å². The first-order chi connectivity index (χ1) is 9.54. The van der Waals surface area contributed by atoms with Crippen LogP contribution in [-0.2, 0) is 0 Å². The number of rotatable bonds is 8. The molecule has 0 aromatic heterocycles. The third-order valence-corrected chi connectivity index (χ3v) is 4.86. The lowest BCUT2D eigenvalue weighted by Gasteiger charge is -2.36. The number of hydrogen-bond donors (Lipinski definition) is 1. The zero-order chi connectivity index (χ0) is 15.0. The highest BCUT2D eigenvalue weighted by Gasteiger charge is 2.22. The molecule has 1 fully saturated rings. The van der Waals surface area contributed by atoms with Crippen LogP contribution in [0.1, 0.15) is 46.0 Å². The molecule has 0 aromatic carbocycles. The van der Waals surface area contributed by atoms with E-state index in [9.17, 15) is 0 Å². The Bertz CT molecular complexity index is 304. The third-order valence-electron chi connectivity index (χ3n) is 4.86. The number of likely N-dealkylation sites (tertiary alicyclic amines) is 1. The molecule has 1 N–H and O–H groups in total. The van der Waals surface area contributed by atoms with Crippen molar-refractivity contribution in [2.75, 3.05) is 40.3 Å².